The van der Waals surface area contributed by atoms with Crippen molar-refractivity contribution in [3.05, 3.63) is 99.8 Å². The number of benzene rings is 3. The van der Waals surface area contributed by atoms with Crippen LogP contribution < -0.4 is 9.64 Å². The first-order valence-corrected chi connectivity index (χ1v) is 11.6. The molecule has 5 rings (SSSR count). The fraction of sp³-hybridized carbons (Fsp3) is 0.0769. The van der Waals surface area contributed by atoms with Gasteiger partial charge in [-0.25, -0.2) is 9.38 Å². The lowest BCUT2D eigenvalue weighted by Crippen LogP contribution is -2.32. The highest BCUT2D eigenvalue weighted by Gasteiger charge is 2.35. The van der Waals surface area contributed by atoms with E-state index in [0.29, 0.717) is 39.3 Å². The van der Waals surface area contributed by atoms with Crippen molar-refractivity contribution in [3.63, 3.8) is 0 Å². The number of ether oxygens (including phenoxy) is 1. The van der Waals surface area contributed by atoms with Crippen LogP contribution in [0.5, 0.6) is 5.75 Å². The molecule has 0 saturated heterocycles. The Morgan fingerprint density at radius 1 is 1.06 bits per heavy atom. The van der Waals surface area contributed by atoms with Crippen molar-refractivity contribution in [1.82, 2.24) is 0 Å². The largest absolute Gasteiger partial charge is 0.494 e. The van der Waals surface area contributed by atoms with Crippen LogP contribution in [0.2, 0.25) is 5.02 Å². The minimum Gasteiger partial charge on any atom is -0.494 e. The molecule has 3 aromatic carbocycles. The zero-order valence-electron chi connectivity index (χ0n) is 17.6. The van der Waals surface area contributed by atoms with Gasteiger partial charge in [-0.15, -0.1) is 11.3 Å². The number of aliphatic imine (C=N–C) groups is 1. The van der Waals surface area contributed by atoms with Gasteiger partial charge in [0.15, 0.2) is 5.84 Å². The molecule has 2 heterocycles. The average Bonchev–Trinajstić information content (AvgIpc) is 3.33. The number of thiophene rings is 1. The van der Waals surface area contributed by atoms with E-state index in [9.17, 15) is 9.18 Å². The average molecular weight is 477 g/mol. The summed E-state index contributed by atoms with van der Waals surface area (Å²) in [6.07, 6.45) is 1.65. The number of nitrogens with zero attached hydrogens (tertiary/aromatic N) is 2. The molecule has 0 spiro atoms. The molecule has 0 unspecified atom stereocenters. The molecule has 164 valence electrons. The van der Waals surface area contributed by atoms with Crippen molar-refractivity contribution in [2.75, 3.05) is 11.5 Å². The second-order valence-corrected chi connectivity index (χ2v) is 8.76. The van der Waals surface area contributed by atoms with E-state index in [1.807, 2.05) is 55.5 Å². The molecule has 1 aliphatic heterocycles. The van der Waals surface area contributed by atoms with E-state index in [4.69, 9.17) is 16.3 Å². The Bertz CT molecular complexity index is 1410. The number of rotatable bonds is 5. The summed E-state index contributed by atoms with van der Waals surface area (Å²) in [4.78, 5) is 20.5. The Morgan fingerprint density at radius 3 is 2.48 bits per heavy atom. The number of fused-ring (bicyclic) bond motifs is 1. The molecule has 0 N–H and O–H groups in total. The Balaban J connectivity index is 1.64. The van der Waals surface area contributed by atoms with E-state index in [-0.39, 0.29) is 17.4 Å². The van der Waals surface area contributed by atoms with Crippen LogP contribution in [-0.4, -0.2) is 18.3 Å². The molecule has 33 heavy (non-hydrogen) atoms. The number of amides is 1. The van der Waals surface area contributed by atoms with Gasteiger partial charge in [-0.3, -0.25) is 9.69 Å². The molecule has 7 heteroatoms. The third-order valence-electron chi connectivity index (χ3n) is 5.18. The third kappa shape index (κ3) is 4.03. The standard InChI is InChI=1S/C26H18ClFN2O2S/c1-2-32-19-13-11-18(12-14-19)30-25(24-23(27)20-5-3-4-6-22(20)33-24)29-21(26(30)31)15-16-7-9-17(28)10-8-16/h3-15H,2H2,1H3/b21-15+. The number of carbonyl (C=O) groups is 1. The van der Waals surface area contributed by atoms with E-state index in [1.165, 1.54) is 23.5 Å². The van der Waals surface area contributed by atoms with Gasteiger partial charge in [0.1, 0.15) is 17.3 Å². The van der Waals surface area contributed by atoms with Gasteiger partial charge in [0.05, 0.1) is 22.2 Å². The topological polar surface area (TPSA) is 41.9 Å². The highest BCUT2D eigenvalue weighted by atomic mass is 35.5. The molecular weight excluding hydrogens is 459 g/mol. The lowest BCUT2D eigenvalue weighted by atomic mass is 10.2. The molecule has 0 bridgehead atoms. The maximum absolute atomic E-state index is 13.5. The van der Waals surface area contributed by atoms with Crippen molar-refractivity contribution in [1.29, 1.82) is 0 Å². The summed E-state index contributed by atoms with van der Waals surface area (Å²) in [5, 5.41) is 1.47. The molecule has 0 fully saturated rings. The van der Waals surface area contributed by atoms with E-state index >= 15 is 0 Å². The second-order valence-electron chi connectivity index (χ2n) is 7.33. The van der Waals surface area contributed by atoms with Crippen molar-refractivity contribution >= 4 is 56.5 Å². The van der Waals surface area contributed by atoms with Crippen LogP contribution in [-0.2, 0) is 4.79 Å². The van der Waals surface area contributed by atoms with Gasteiger partial charge in [0.25, 0.3) is 5.91 Å². The molecular formula is C26H18ClFN2O2S. The summed E-state index contributed by atoms with van der Waals surface area (Å²) in [6.45, 7) is 2.47. The second kappa shape index (κ2) is 8.81. The number of hydrogen-bond acceptors (Lipinski definition) is 4. The van der Waals surface area contributed by atoms with Gasteiger partial charge in [0, 0.05) is 10.1 Å². The minimum absolute atomic E-state index is 0.249. The Morgan fingerprint density at radius 2 is 1.79 bits per heavy atom. The summed E-state index contributed by atoms with van der Waals surface area (Å²) in [6, 6.07) is 21.0. The molecule has 0 aliphatic carbocycles. The van der Waals surface area contributed by atoms with Gasteiger partial charge in [-0.1, -0.05) is 41.9 Å². The SMILES string of the molecule is CCOc1ccc(N2C(=O)/C(=C\c3ccc(F)cc3)N=C2c2sc3ccccc3c2Cl)cc1. The molecule has 1 aromatic heterocycles. The maximum atomic E-state index is 13.5. The first-order chi connectivity index (χ1) is 16.0. The zero-order chi connectivity index (χ0) is 22.9. The van der Waals surface area contributed by atoms with Gasteiger partial charge >= 0.3 is 0 Å². The highest BCUT2D eigenvalue weighted by molar-refractivity contribution is 7.21. The van der Waals surface area contributed by atoms with Crippen LogP contribution in [0.4, 0.5) is 10.1 Å². The Labute approximate surface area is 199 Å². The lowest BCUT2D eigenvalue weighted by molar-refractivity contribution is -0.113. The van der Waals surface area contributed by atoms with Gasteiger partial charge in [-0.2, -0.15) is 0 Å². The van der Waals surface area contributed by atoms with Crippen molar-refractivity contribution in [2.45, 2.75) is 6.92 Å². The van der Waals surface area contributed by atoms with E-state index in [1.54, 1.807) is 23.1 Å². The van der Waals surface area contributed by atoms with Gasteiger partial charge in [-0.05, 0) is 61.0 Å². The zero-order valence-corrected chi connectivity index (χ0v) is 19.2. The smallest absolute Gasteiger partial charge is 0.282 e. The van der Waals surface area contributed by atoms with Crippen molar-refractivity contribution in [3.8, 4) is 5.75 Å². The molecule has 0 radical (unpaired) electrons. The van der Waals surface area contributed by atoms with Crippen LogP contribution in [0.3, 0.4) is 0 Å². The number of anilines is 1. The van der Waals surface area contributed by atoms with Gasteiger partial charge < -0.3 is 4.74 Å². The predicted molar refractivity (Wildman–Crippen MR) is 133 cm³/mol. The highest BCUT2D eigenvalue weighted by Crippen LogP contribution is 2.39. The molecule has 1 amide bonds. The summed E-state index contributed by atoms with van der Waals surface area (Å²) in [5.74, 6) is 0.552. The molecule has 4 nitrogen and oxygen atoms in total. The number of carbonyl (C=O) groups excluding carboxylic acids is 1. The van der Waals surface area contributed by atoms with Crippen molar-refractivity contribution < 1.29 is 13.9 Å². The minimum atomic E-state index is -0.341. The molecule has 0 saturated carbocycles. The quantitative estimate of drug-likeness (QED) is 0.293. The summed E-state index contributed by atoms with van der Waals surface area (Å²) in [7, 11) is 0. The number of hydrogen-bond donors (Lipinski definition) is 0. The van der Waals surface area contributed by atoms with Crippen molar-refractivity contribution in [2.24, 2.45) is 4.99 Å². The maximum Gasteiger partial charge on any atom is 0.282 e. The fourth-order valence-corrected chi connectivity index (χ4v) is 5.14. The monoisotopic (exact) mass is 476 g/mol. The van der Waals surface area contributed by atoms with Crippen LogP contribution in [0, 0.1) is 5.82 Å². The normalized spacial score (nSPS) is 14.9. The van der Waals surface area contributed by atoms with E-state index in [2.05, 4.69) is 4.99 Å². The van der Waals surface area contributed by atoms with Crippen LogP contribution in [0.1, 0.15) is 17.4 Å². The Kier molecular flexibility index (Phi) is 5.70. The molecule has 0 atom stereocenters. The van der Waals surface area contributed by atoms with Crippen LogP contribution in [0.25, 0.3) is 16.2 Å². The first kappa shape index (κ1) is 21.4. The van der Waals surface area contributed by atoms with E-state index < -0.39 is 0 Å². The third-order valence-corrected chi connectivity index (χ3v) is 6.85. The summed E-state index contributed by atoms with van der Waals surface area (Å²) >= 11 is 8.23. The van der Waals surface area contributed by atoms with Gasteiger partial charge in [0.2, 0.25) is 0 Å². The van der Waals surface area contributed by atoms with E-state index in [0.717, 1.165) is 10.1 Å². The number of halogens is 2. The van der Waals surface area contributed by atoms with Crippen LogP contribution >= 0.6 is 22.9 Å². The summed E-state index contributed by atoms with van der Waals surface area (Å²) < 4.78 is 19.9. The first-order valence-electron chi connectivity index (χ1n) is 10.4. The van der Waals surface area contributed by atoms with Crippen LogP contribution in [0.15, 0.2) is 83.5 Å². The Hall–Kier alpha value is -3.48. The summed E-state index contributed by atoms with van der Waals surface area (Å²) in [5.41, 5.74) is 1.58. The predicted octanol–water partition coefficient (Wildman–Crippen LogP) is 6.93. The lowest BCUT2D eigenvalue weighted by Gasteiger charge is -2.18. The fourth-order valence-electron chi connectivity index (χ4n) is 3.64. The molecule has 4 aromatic rings. The molecule has 1 aliphatic rings. The number of amidine groups is 1.